The van der Waals surface area contributed by atoms with Crippen molar-refractivity contribution in [3.05, 3.63) is 16.1 Å². The highest BCUT2D eigenvalue weighted by Gasteiger charge is 2.23. The topological polar surface area (TPSA) is 68.0 Å². The van der Waals surface area contributed by atoms with E-state index in [1.807, 2.05) is 17.1 Å². The van der Waals surface area contributed by atoms with Gasteiger partial charge in [-0.05, 0) is 32.1 Å². The van der Waals surface area contributed by atoms with Gasteiger partial charge in [0.05, 0.1) is 5.01 Å². The highest BCUT2D eigenvalue weighted by Crippen LogP contribution is 2.27. The molecule has 1 aliphatic carbocycles. The first kappa shape index (κ1) is 17.8. The van der Waals surface area contributed by atoms with Crippen LogP contribution in [0.4, 0.5) is 0 Å². The molecule has 0 aliphatic heterocycles. The number of nitrogens with one attached hydrogen (secondary N) is 1. The van der Waals surface area contributed by atoms with Gasteiger partial charge in [-0.2, -0.15) is 11.8 Å². The first-order chi connectivity index (χ1) is 9.22. The number of thiazole rings is 1. The lowest BCUT2D eigenvalue weighted by atomic mass is 9.95. The molecule has 1 aromatic heterocycles. The smallest absolute Gasteiger partial charge is 0.270 e. The number of aromatic nitrogens is 1. The van der Waals surface area contributed by atoms with E-state index in [-0.39, 0.29) is 18.3 Å². The predicted molar refractivity (Wildman–Crippen MR) is 89.1 cm³/mol. The standard InChI is InChI=1S/C13H21N3OS2.ClH/c1-18-10-4-2-3-9(7-10)15-13(17)11-8-19-12(16-11)5-6-14;/h8-10H,2-7,14H2,1H3,(H,15,17);1H. The summed E-state index contributed by atoms with van der Waals surface area (Å²) < 4.78 is 0. The van der Waals surface area contributed by atoms with E-state index >= 15 is 0 Å². The number of carbonyl (C=O) groups is 1. The van der Waals surface area contributed by atoms with Crippen LogP contribution >= 0.6 is 35.5 Å². The van der Waals surface area contributed by atoms with Crippen LogP contribution < -0.4 is 11.1 Å². The van der Waals surface area contributed by atoms with Crippen LogP contribution in [0.5, 0.6) is 0 Å². The lowest BCUT2D eigenvalue weighted by molar-refractivity contribution is 0.0924. The number of carbonyl (C=O) groups excluding carboxylic acids is 1. The molecule has 0 radical (unpaired) electrons. The quantitative estimate of drug-likeness (QED) is 0.867. The number of amides is 1. The molecule has 1 amide bonds. The zero-order valence-electron chi connectivity index (χ0n) is 11.6. The predicted octanol–water partition coefficient (Wildman–Crippen LogP) is 2.47. The fourth-order valence-electron chi connectivity index (χ4n) is 2.40. The van der Waals surface area contributed by atoms with E-state index in [0.29, 0.717) is 23.5 Å². The molecule has 1 fully saturated rings. The maximum Gasteiger partial charge on any atom is 0.270 e. The molecule has 1 aliphatic rings. The summed E-state index contributed by atoms with van der Waals surface area (Å²) in [6.45, 7) is 0.576. The van der Waals surface area contributed by atoms with E-state index in [9.17, 15) is 4.79 Å². The zero-order valence-corrected chi connectivity index (χ0v) is 14.1. The van der Waals surface area contributed by atoms with Crippen molar-refractivity contribution < 1.29 is 4.79 Å². The van der Waals surface area contributed by atoms with Gasteiger partial charge in [-0.25, -0.2) is 4.98 Å². The Kier molecular flexibility index (Phi) is 7.87. The first-order valence-corrected chi connectivity index (χ1v) is 8.87. The molecule has 0 spiro atoms. The number of thioether (sulfide) groups is 1. The minimum absolute atomic E-state index is 0. The lowest BCUT2D eigenvalue weighted by Crippen LogP contribution is -2.39. The summed E-state index contributed by atoms with van der Waals surface area (Å²) in [6, 6.07) is 0.304. The van der Waals surface area contributed by atoms with Crippen molar-refractivity contribution in [1.29, 1.82) is 0 Å². The molecule has 1 heterocycles. The minimum Gasteiger partial charge on any atom is -0.348 e. The van der Waals surface area contributed by atoms with Gasteiger partial charge in [0.25, 0.3) is 5.91 Å². The molecule has 2 atom stereocenters. The van der Waals surface area contributed by atoms with Crippen LogP contribution in [0.1, 0.15) is 41.2 Å². The Morgan fingerprint density at radius 1 is 1.60 bits per heavy atom. The van der Waals surface area contributed by atoms with Crippen molar-refractivity contribution in [2.24, 2.45) is 5.73 Å². The second kappa shape index (κ2) is 8.87. The van der Waals surface area contributed by atoms with Gasteiger partial charge in [0, 0.05) is 23.1 Å². The van der Waals surface area contributed by atoms with Crippen molar-refractivity contribution >= 4 is 41.4 Å². The Bertz CT molecular complexity index is 428. The van der Waals surface area contributed by atoms with Crippen LogP contribution in [0.15, 0.2) is 5.38 Å². The molecule has 0 aromatic carbocycles. The molecule has 1 aromatic rings. The number of hydrogen-bond donors (Lipinski definition) is 2. The summed E-state index contributed by atoms with van der Waals surface area (Å²) in [5.74, 6) is -0.0359. The highest BCUT2D eigenvalue weighted by molar-refractivity contribution is 7.99. The van der Waals surface area contributed by atoms with Gasteiger partial charge in [-0.1, -0.05) is 6.42 Å². The third-order valence-electron chi connectivity index (χ3n) is 3.44. The van der Waals surface area contributed by atoms with E-state index < -0.39 is 0 Å². The van der Waals surface area contributed by atoms with E-state index in [4.69, 9.17) is 5.73 Å². The van der Waals surface area contributed by atoms with Gasteiger partial charge >= 0.3 is 0 Å². The van der Waals surface area contributed by atoms with Crippen LogP contribution in [0.2, 0.25) is 0 Å². The van der Waals surface area contributed by atoms with E-state index in [2.05, 4.69) is 16.6 Å². The Balaban J connectivity index is 0.00000200. The maximum absolute atomic E-state index is 12.1. The number of nitrogens with zero attached hydrogens (tertiary/aromatic N) is 1. The second-order valence-corrected chi connectivity index (χ2v) is 6.94. The Labute approximate surface area is 134 Å². The summed E-state index contributed by atoms with van der Waals surface area (Å²) in [5, 5.41) is 6.57. The largest absolute Gasteiger partial charge is 0.348 e. The molecule has 0 bridgehead atoms. The van der Waals surface area contributed by atoms with Crippen LogP contribution in [-0.4, -0.2) is 35.0 Å². The van der Waals surface area contributed by atoms with Gasteiger partial charge in [0.2, 0.25) is 0 Å². The Morgan fingerprint density at radius 3 is 3.10 bits per heavy atom. The SMILES string of the molecule is CSC1CCCC(NC(=O)c2csc(CCN)n2)C1.Cl. The van der Waals surface area contributed by atoms with E-state index in [1.54, 1.807) is 0 Å². The lowest BCUT2D eigenvalue weighted by Gasteiger charge is -2.28. The average Bonchev–Trinajstić information content (AvgIpc) is 2.88. The van der Waals surface area contributed by atoms with Gasteiger partial charge in [0.1, 0.15) is 5.69 Å². The number of halogens is 1. The minimum atomic E-state index is -0.0359. The van der Waals surface area contributed by atoms with Crippen LogP contribution in [-0.2, 0) is 6.42 Å². The molecule has 2 rings (SSSR count). The third-order valence-corrected chi connectivity index (χ3v) is 5.44. The molecule has 114 valence electrons. The molecule has 0 saturated heterocycles. The Hall–Kier alpha value is -0.300. The van der Waals surface area contributed by atoms with Crippen LogP contribution in [0, 0.1) is 0 Å². The van der Waals surface area contributed by atoms with Crippen LogP contribution in [0.3, 0.4) is 0 Å². The highest BCUT2D eigenvalue weighted by atomic mass is 35.5. The van der Waals surface area contributed by atoms with E-state index in [1.165, 1.54) is 24.2 Å². The van der Waals surface area contributed by atoms with E-state index in [0.717, 1.165) is 24.3 Å². The molecular weight excluding hydrogens is 314 g/mol. The maximum atomic E-state index is 12.1. The number of nitrogens with two attached hydrogens (primary N) is 1. The summed E-state index contributed by atoms with van der Waals surface area (Å²) in [7, 11) is 0. The molecule has 20 heavy (non-hydrogen) atoms. The molecule has 7 heteroatoms. The zero-order chi connectivity index (χ0) is 13.7. The first-order valence-electron chi connectivity index (χ1n) is 6.71. The van der Waals surface area contributed by atoms with Gasteiger partial charge in [0.15, 0.2) is 0 Å². The van der Waals surface area contributed by atoms with Gasteiger partial charge in [-0.3, -0.25) is 4.79 Å². The van der Waals surface area contributed by atoms with Gasteiger partial charge in [-0.15, -0.1) is 23.7 Å². The summed E-state index contributed by atoms with van der Waals surface area (Å²) in [4.78, 5) is 16.4. The molecular formula is C13H22ClN3OS2. The summed E-state index contributed by atoms with van der Waals surface area (Å²) in [6.07, 6.45) is 7.52. The molecule has 2 unspecified atom stereocenters. The second-order valence-electron chi connectivity index (χ2n) is 4.86. The van der Waals surface area contributed by atoms with Crippen LogP contribution in [0.25, 0.3) is 0 Å². The monoisotopic (exact) mass is 335 g/mol. The average molecular weight is 336 g/mol. The summed E-state index contributed by atoms with van der Waals surface area (Å²) in [5.41, 5.74) is 6.03. The van der Waals surface area contributed by atoms with Crippen molar-refractivity contribution in [2.45, 2.75) is 43.4 Å². The number of rotatable bonds is 5. The Morgan fingerprint density at radius 2 is 2.40 bits per heavy atom. The fourth-order valence-corrected chi connectivity index (χ4v) is 4.02. The molecule has 4 nitrogen and oxygen atoms in total. The fraction of sp³-hybridized carbons (Fsp3) is 0.692. The van der Waals surface area contributed by atoms with Crippen molar-refractivity contribution in [1.82, 2.24) is 10.3 Å². The van der Waals surface area contributed by atoms with Gasteiger partial charge < -0.3 is 11.1 Å². The van der Waals surface area contributed by atoms with Crippen molar-refractivity contribution in [3.8, 4) is 0 Å². The molecule has 3 N–H and O–H groups in total. The number of hydrogen-bond acceptors (Lipinski definition) is 5. The van der Waals surface area contributed by atoms with Crippen molar-refractivity contribution in [2.75, 3.05) is 12.8 Å². The third kappa shape index (κ3) is 4.91. The normalized spacial score (nSPS) is 22.1. The summed E-state index contributed by atoms with van der Waals surface area (Å²) >= 11 is 3.42. The van der Waals surface area contributed by atoms with Crippen molar-refractivity contribution in [3.63, 3.8) is 0 Å². The molecule has 1 saturated carbocycles.